The van der Waals surface area contributed by atoms with Gasteiger partial charge in [0.2, 0.25) is 0 Å². The molecule has 3 aromatic rings. The number of halogens is 11. The number of carbonyl (C=O) groups is 3. The van der Waals surface area contributed by atoms with Crippen LogP contribution in [0.4, 0.5) is 45.2 Å². The number of ether oxygens (including phenoxy) is 4. The van der Waals surface area contributed by atoms with Gasteiger partial charge in [-0.05, 0) is 174 Å². The first-order valence-electron chi connectivity index (χ1n) is 30.3. The topological polar surface area (TPSA) is 215 Å². The van der Waals surface area contributed by atoms with Gasteiger partial charge >= 0.3 is 35.6 Å². The molecule has 6 aliphatic carbocycles. The van der Waals surface area contributed by atoms with Crippen LogP contribution < -0.4 is 11.5 Å². The summed E-state index contributed by atoms with van der Waals surface area (Å²) in [6, 6.07) is 16.4. The van der Waals surface area contributed by atoms with Gasteiger partial charge < -0.3 is 42.2 Å². The Morgan fingerprint density at radius 2 is 0.871 bits per heavy atom. The summed E-state index contributed by atoms with van der Waals surface area (Å²) in [5.41, 5.74) is 10.8. The van der Waals surface area contributed by atoms with Crippen molar-refractivity contribution >= 4 is 73.0 Å². The minimum atomic E-state index is -4.60. The van der Waals surface area contributed by atoms with Crippen molar-refractivity contribution in [2.45, 2.75) is 170 Å². The van der Waals surface area contributed by atoms with Crippen molar-refractivity contribution in [3.05, 3.63) is 115 Å². The second kappa shape index (κ2) is 27.8. The zero-order valence-corrected chi connectivity index (χ0v) is 55.6. The predicted octanol–water partition coefficient (Wildman–Crippen LogP) is 12.3. The second-order valence-electron chi connectivity index (χ2n) is 25.3. The van der Waals surface area contributed by atoms with Crippen molar-refractivity contribution in [2.24, 2.45) is 42.7 Å². The Hall–Kier alpha value is -5.65. The molecule has 3 atom stereocenters. The number of nitrogens with zero attached hydrogens (tertiary/aromatic N) is 8. The van der Waals surface area contributed by atoms with E-state index in [1.165, 1.54) is 19.8 Å². The second-order valence-corrected chi connectivity index (χ2v) is 27.1. The molecule has 3 amide bonds. The maximum Gasteiger partial charge on any atom is 1.00 e. The molecule has 17 nitrogen and oxygen atoms in total. The predicted molar refractivity (Wildman–Crippen MR) is 327 cm³/mol. The third kappa shape index (κ3) is 13.4. The number of rotatable bonds is 6. The Morgan fingerprint density at radius 3 is 1.18 bits per heavy atom. The molecule has 4 aliphatic heterocycles. The van der Waals surface area contributed by atoms with Gasteiger partial charge in [-0.1, -0.05) is 62.2 Å². The number of aliphatic imine (C=N–C) groups is 3. The van der Waals surface area contributed by atoms with Crippen molar-refractivity contribution in [3.63, 3.8) is 0 Å². The molecular formula is C64H72Br2CuF9N10O7. The van der Waals surface area contributed by atoms with Crippen LogP contribution >= 0.6 is 31.9 Å². The number of carbonyl (C=O) groups excluding carboxylic acids is 3. The zero-order chi connectivity index (χ0) is 67.2. The van der Waals surface area contributed by atoms with Crippen molar-refractivity contribution in [1.29, 1.82) is 5.26 Å². The van der Waals surface area contributed by atoms with E-state index < -0.39 is 94.7 Å². The summed E-state index contributed by atoms with van der Waals surface area (Å²) >= 11 is 6.88. The van der Waals surface area contributed by atoms with E-state index in [2.05, 4.69) is 46.7 Å². The molecule has 3 unspecified atom stereocenters. The van der Waals surface area contributed by atoms with E-state index in [0.717, 1.165) is 75.0 Å². The summed E-state index contributed by atoms with van der Waals surface area (Å²) in [7, 11) is 4.96. The molecule has 0 radical (unpaired) electrons. The molecule has 3 saturated carbocycles. The Balaban J connectivity index is 0.000000169. The maximum absolute atomic E-state index is 13.6. The van der Waals surface area contributed by atoms with Crippen LogP contribution in [0.3, 0.4) is 0 Å². The average Bonchev–Trinajstić information content (AvgIpc) is 1.55. The molecule has 4 N–H and O–H groups in total. The molecule has 93 heavy (non-hydrogen) atoms. The quantitative estimate of drug-likeness (QED) is 0.135. The zero-order valence-electron chi connectivity index (χ0n) is 51.5. The van der Waals surface area contributed by atoms with Crippen LogP contribution in [0.1, 0.15) is 130 Å². The molecule has 6 spiro atoms. The molecule has 29 heteroatoms. The van der Waals surface area contributed by atoms with E-state index in [1.54, 1.807) is 45.6 Å². The minimum absolute atomic E-state index is 0. The summed E-state index contributed by atoms with van der Waals surface area (Å²) in [5, 5.41) is 6.25. The Kier molecular flexibility index (Phi) is 21.9. The Morgan fingerprint density at radius 1 is 0.559 bits per heavy atom. The molecule has 4 fully saturated rings. The molecule has 3 aromatic carbocycles. The van der Waals surface area contributed by atoms with Gasteiger partial charge in [-0.2, -0.15) is 39.5 Å². The van der Waals surface area contributed by atoms with E-state index in [1.807, 2.05) is 30.3 Å². The summed E-state index contributed by atoms with van der Waals surface area (Å²) < 4.78 is 141. The monoisotopic (exact) mass is 1480 g/mol. The number of guanidine groups is 2. The van der Waals surface area contributed by atoms with Crippen LogP contribution in [-0.2, 0) is 86.3 Å². The maximum atomic E-state index is 13.6. The molecule has 508 valence electrons. The van der Waals surface area contributed by atoms with Crippen LogP contribution in [0.5, 0.6) is 0 Å². The molecule has 13 rings (SSSR count). The SMILES string of the molecule is C1CCOC1.COC1CCC2(CC1)Cc1ccc(Br)cc1C21N=C(C)N(CC(F)(F)F)C1=O.COC1CCC2(CC1)Cc1ccc(Br)cc1C21N=C(N)N(CC(F)(F)F)C1=O.[C-]#N.[C-]#[N+]c1ccc2c(c1)C1(N=C(N)N(CC(F)(F)F)C1=O)C1(CCC(OC)CC1)C2.[Cu+]. The van der Waals surface area contributed by atoms with Crippen molar-refractivity contribution < 1.29 is 89.9 Å². The number of benzene rings is 3. The normalized spacial score (nSPS) is 30.5. The van der Waals surface area contributed by atoms with Gasteiger partial charge in [0.15, 0.2) is 34.2 Å². The van der Waals surface area contributed by atoms with Gasteiger partial charge in [-0.25, -0.2) is 14.8 Å². The minimum Gasteiger partial charge on any atom is -0.512 e. The summed E-state index contributed by atoms with van der Waals surface area (Å²) in [6.07, 6.45) is -0.866. The van der Waals surface area contributed by atoms with Gasteiger partial charge in [-0.3, -0.25) is 34.1 Å². The number of alkyl halides is 9. The van der Waals surface area contributed by atoms with Crippen LogP contribution in [0.2, 0.25) is 0 Å². The van der Waals surface area contributed by atoms with E-state index in [4.69, 9.17) is 53.8 Å². The number of nitrogens with two attached hydrogens (primary N) is 2. The van der Waals surface area contributed by atoms with Gasteiger partial charge in [0, 0.05) is 59.7 Å². The molecular weight excluding hydrogens is 1420 g/mol. The third-order valence-electron chi connectivity index (χ3n) is 20.4. The van der Waals surface area contributed by atoms with Crippen LogP contribution in [-0.4, -0.2) is 141 Å². The first-order valence-corrected chi connectivity index (χ1v) is 31.9. The van der Waals surface area contributed by atoms with Gasteiger partial charge in [0.25, 0.3) is 17.7 Å². The number of amides is 3. The van der Waals surface area contributed by atoms with Crippen molar-refractivity contribution in [2.75, 3.05) is 54.2 Å². The smallest absolute Gasteiger partial charge is 0.512 e. The van der Waals surface area contributed by atoms with Crippen molar-refractivity contribution in [3.8, 4) is 0 Å². The fourth-order valence-electron chi connectivity index (χ4n) is 16.2. The van der Waals surface area contributed by atoms with Gasteiger partial charge in [0.05, 0.1) is 24.9 Å². The van der Waals surface area contributed by atoms with Crippen LogP contribution in [0.25, 0.3) is 4.85 Å². The molecule has 10 aliphatic rings. The first-order chi connectivity index (χ1) is 43.4. The fourth-order valence-corrected chi connectivity index (χ4v) is 17.0. The number of methoxy groups -OCH3 is 3. The van der Waals surface area contributed by atoms with E-state index in [9.17, 15) is 53.9 Å². The summed E-state index contributed by atoms with van der Waals surface area (Å²) in [5.74, 6) is -2.59. The largest absolute Gasteiger partial charge is 1.00 e. The van der Waals surface area contributed by atoms with E-state index >= 15 is 0 Å². The van der Waals surface area contributed by atoms with Crippen LogP contribution in [0, 0.1) is 34.7 Å². The standard InChI is InChI=1S/C20H22BrF3N2O2.C20H21F3N4O2.C19H21BrF3N3O2.C4H8O.CN.Cu/c1-12-25-20(17(27)26(12)11-19(22,23)24)16-9-14(21)4-3-13(16)10-18(20)7-5-15(28-2)6-8-18;1-25-13-4-3-12-10-18(7-5-14(29-2)6-8-18)20(15(12)9-13)16(28)27(17(24)26-20)11-19(21,22)23;1-28-13-4-6-17(7-5-13)9-11-2-3-12(20)8-14(11)19(17)15(27)26(16(24)25-19)10-18(21,22)23;1-2-4-5-3-1;1-2;/h3-4,9,15H,5-8,10-11H2,1-2H3;3-4,9,14H,5-8,10-11H2,2H3,(H2,24,26);2-3,8,13H,4-7,9-10H2,1H3,(H2,24,25);1-4H2;;/q;;;;-1;+1. The number of amidine groups is 1. The van der Waals surface area contributed by atoms with Crippen LogP contribution in [0.15, 0.2) is 78.5 Å². The number of hydrogen-bond donors (Lipinski definition) is 2. The summed E-state index contributed by atoms with van der Waals surface area (Å²) in [4.78, 5) is 59.6. The van der Waals surface area contributed by atoms with Crippen molar-refractivity contribution in [1.82, 2.24) is 14.7 Å². The molecule has 0 aromatic heterocycles. The van der Waals surface area contributed by atoms with Gasteiger partial charge in [-0.15, -0.1) is 0 Å². The van der Waals surface area contributed by atoms with E-state index in [-0.39, 0.29) is 47.2 Å². The number of fused-ring (bicyclic) bond motifs is 9. The molecule has 0 bridgehead atoms. The molecule has 4 heterocycles. The number of hydrogen-bond acceptors (Lipinski definition) is 13. The van der Waals surface area contributed by atoms with Gasteiger partial charge in [0.1, 0.15) is 25.5 Å². The third-order valence-corrected chi connectivity index (χ3v) is 21.4. The fraction of sp³-hybridized carbons (Fsp3) is 0.594. The Bertz CT molecular complexity index is 3320. The molecule has 1 saturated heterocycles. The summed E-state index contributed by atoms with van der Waals surface area (Å²) in [6.45, 7) is 11.4. The first kappa shape index (κ1) is 73.2. The average molecular weight is 1490 g/mol. The van der Waals surface area contributed by atoms with E-state index in [0.29, 0.717) is 97.2 Å². The Labute approximate surface area is 561 Å².